The quantitative estimate of drug-likeness (QED) is 0.644. The minimum atomic E-state index is -3.96. The molecule has 0 radical (unpaired) electrons. The normalized spacial score (nSPS) is 13.8. The molecule has 1 amide bonds. The van der Waals surface area contributed by atoms with Crippen LogP contribution in [-0.4, -0.2) is 25.9 Å². The molecule has 0 atom stereocenters. The second kappa shape index (κ2) is 5.38. The number of hydrogen-bond donors (Lipinski definition) is 3. The number of fused-ring (bicyclic) bond motifs is 2. The van der Waals surface area contributed by atoms with E-state index in [-0.39, 0.29) is 34.4 Å². The van der Waals surface area contributed by atoms with Crippen LogP contribution in [0.3, 0.4) is 0 Å². The number of amides is 1. The zero-order chi connectivity index (χ0) is 17.6. The summed E-state index contributed by atoms with van der Waals surface area (Å²) in [6, 6.07) is 8.72. The SMILES string of the molecule is O=C1COc2c(cccc2NS(=O)(=O)c2ccc3[nH]c(=O)oc3c2)N1. The molecule has 3 N–H and O–H groups in total. The highest BCUT2D eigenvalue weighted by Gasteiger charge is 2.23. The fourth-order valence-electron chi connectivity index (χ4n) is 2.49. The molecule has 9 nitrogen and oxygen atoms in total. The number of ether oxygens (including phenoxy) is 1. The highest BCUT2D eigenvalue weighted by molar-refractivity contribution is 7.92. The lowest BCUT2D eigenvalue weighted by molar-refractivity contribution is -0.118. The summed E-state index contributed by atoms with van der Waals surface area (Å²) in [5.74, 6) is -0.751. The molecule has 4 rings (SSSR count). The lowest BCUT2D eigenvalue weighted by atomic mass is 10.2. The van der Waals surface area contributed by atoms with Gasteiger partial charge in [-0.3, -0.25) is 14.5 Å². The molecule has 25 heavy (non-hydrogen) atoms. The Kier molecular flexibility index (Phi) is 3.29. The van der Waals surface area contributed by atoms with E-state index in [1.54, 1.807) is 12.1 Å². The van der Waals surface area contributed by atoms with E-state index in [0.717, 1.165) is 0 Å². The van der Waals surface area contributed by atoms with Gasteiger partial charge in [-0.1, -0.05) is 6.07 Å². The first-order chi connectivity index (χ1) is 11.9. The van der Waals surface area contributed by atoms with Crippen molar-refractivity contribution < 1.29 is 22.4 Å². The second-order valence-corrected chi connectivity index (χ2v) is 6.98. The summed E-state index contributed by atoms with van der Waals surface area (Å²) in [5, 5.41) is 2.60. The zero-order valence-corrected chi connectivity index (χ0v) is 13.3. The monoisotopic (exact) mass is 361 g/mol. The van der Waals surface area contributed by atoms with Crippen LogP contribution in [0.5, 0.6) is 5.75 Å². The van der Waals surface area contributed by atoms with Crippen LogP contribution in [0.1, 0.15) is 0 Å². The lowest BCUT2D eigenvalue weighted by Crippen LogP contribution is -2.26. The first-order valence-corrected chi connectivity index (χ1v) is 8.62. The molecule has 2 heterocycles. The second-order valence-electron chi connectivity index (χ2n) is 5.30. The van der Waals surface area contributed by atoms with Crippen molar-refractivity contribution in [2.45, 2.75) is 4.90 Å². The number of carbonyl (C=O) groups is 1. The molecular formula is C15H11N3O6S. The predicted molar refractivity (Wildman–Crippen MR) is 88.2 cm³/mol. The number of oxazole rings is 1. The topological polar surface area (TPSA) is 130 Å². The third-order valence-electron chi connectivity index (χ3n) is 3.58. The summed E-state index contributed by atoms with van der Waals surface area (Å²) in [6.07, 6.45) is 0. The van der Waals surface area contributed by atoms with E-state index in [1.165, 1.54) is 24.3 Å². The van der Waals surface area contributed by atoms with Crippen LogP contribution in [0.2, 0.25) is 0 Å². The van der Waals surface area contributed by atoms with Crippen LogP contribution in [0, 0.1) is 0 Å². The van der Waals surface area contributed by atoms with Crippen LogP contribution < -0.4 is 20.5 Å². The van der Waals surface area contributed by atoms with Crippen molar-refractivity contribution in [3.8, 4) is 5.75 Å². The Bertz CT molecular complexity index is 1160. The van der Waals surface area contributed by atoms with Gasteiger partial charge in [0.2, 0.25) is 0 Å². The van der Waals surface area contributed by atoms with Crippen molar-refractivity contribution >= 4 is 38.4 Å². The smallest absolute Gasteiger partial charge is 0.417 e. The molecule has 128 valence electrons. The van der Waals surface area contributed by atoms with E-state index < -0.39 is 15.8 Å². The molecule has 0 bridgehead atoms. The van der Waals surface area contributed by atoms with Gasteiger partial charge in [-0.2, -0.15) is 0 Å². The Morgan fingerprint density at radius 1 is 1.12 bits per heavy atom. The fourth-order valence-corrected chi connectivity index (χ4v) is 3.57. The summed E-state index contributed by atoms with van der Waals surface area (Å²) in [6.45, 7) is -0.202. The first kappa shape index (κ1) is 15.3. The molecule has 0 saturated heterocycles. The molecule has 1 aliphatic heterocycles. The van der Waals surface area contributed by atoms with Gasteiger partial charge in [0.05, 0.1) is 21.8 Å². The Labute approximate surface area is 140 Å². The van der Waals surface area contributed by atoms with E-state index >= 15 is 0 Å². The number of aromatic amines is 1. The van der Waals surface area contributed by atoms with Gasteiger partial charge < -0.3 is 14.5 Å². The summed E-state index contributed by atoms with van der Waals surface area (Å²) in [7, 11) is -3.96. The molecule has 2 aromatic carbocycles. The Balaban J connectivity index is 1.72. The van der Waals surface area contributed by atoms with E-state index in [4.69, 9.17) is 9.15 Å². The Morgan fingerprint density at radius 2 is 1.96 bits per heavy atom. The van der Waals surface area contributed by atoms with E-state index in [9.17, 15) is 18.0 Å². The average molecular weight is 361 g/mol. The maximum atomic E-state index is 12.6. The molecule has 0 aliphatic carbocycles. The number of aromatic nitrogens is 1. The number of nitrogens with one attached hydrogen (secondary N) is 3. The third-order valence-corrected chi connectivity index (χ3v) is 4.95. The molecule has 0 fully saturated rings. The number of rotatable bonds is 3. The highest BCUT2D eigenvalue weighted by Crippen LogP contribution is 2.36. The van der Waals surface area contributed by atoms with Gasteiger partial charge in [-0.05, 0) is 24.3 Å². The maximum absolute atomic E-state index is 12.6. The first-order valence-electron chi connectivity index (χ1n) is 7.14. The largest absolute Gasteiger partial charge is 0.479 e. The van der Waals surface area contributed by atoms with Crippen LogP contribution in [0.25, 0.3) is 11.1 Å². The molecule has 0 unspecified atom stereocenters. The third kappa shape index (κ3) is 2.72. The summed E-state index contributed by atoms with van der Waals surface area (Å²) in [4.78, 5) is 24.9. The average Bonchev–Trinajstić information content (AvgIpc) is 2.93. The summed E-state index contributed by atoms with van der Waals surface area (Å²) >= 11 is 0. The molecular weight excluding hydrogens is 350 g/mol. The Morgan fingerprint density at radius 3 is 2.80 bits per heavy atom. The van der Waals surface area contributed by atoms with Gasteiger partial charge in [0.1, 0.15) is 0 Å². The fraction of sp³-hybridized carbons (Fsp3) is 0.0667. The molecule has 1 aliphatic rings. The van der Waals surface area contributed by atoms with Crippen LogP contribution in [-0.2, 0) is 14.8 Å². The van der Waals surface area contributed by atoms with Crippen molar-refractivity contribution in [2.24, 2.45) is 0 Å². The molecule has 10 heteroatoms. The molecule has 0 saturated carbocycles. The maximum Gasteiger partial charge on any atom is 0.417 e. The van der Waals surface area contributed by atoms with Gasteiger partial charge in [-0.25, -0.2) is 13.2 Å². The minimum absolute atomic E-state index is 0.0831. The standard InChI is InChI=1S/C15H11N3O6S/c19-13-7-23-14-10(16-13)2-1-3-11(14)18-25(21,22)8-4-5-9-12(6-8)24-15(20)17-9/h1-6,18H,7H2,(H,16,19)(H,17,20). The number of para-hydroxylation sites is 1. The number of H-pyrrole nitrogens is 1. The van der Waals surface area contributed by atoms with Crippen molar-refractivity contribution in [2.75, 3.05) is 16.6 Å². The van der Waals surface area contributed by atoms with Gasteiger partial charge in [0.25, 0.3) is 15.9 Å². The number of benzene rings is 2. The number of hydrogen-bond acceptors (Lipinski definition) is 6. The van der Waals surface area contributed by atoms with Crippen LogP contribution in [0.15, 0.2) is 50.5 Å². The van der Waals surface area contributed by atoms with Crippen LogP contribution in [0.4, 0.5) is 11.4 Å². The highest BCUT2D eigenvalue weighted by atomic mass is 32.2. The van der Waals surface area contributed by atoms with Crippen LogP contribution >= 0.6 is 0 Å². The molecule has 3 aromatic rings. The number of carbonyl (C=O) groups excluding carboxylic acids is 1. The number of anilines is 2. The number of sulfonamides is 1. The molecule has 1 aromatic heterocycles. The van der Waals surface area contributed by atoms with Crippen molar-refractivity contribution in [3.05, 3.63) is 46.9 Å². The lowest BCUT2D eigenvalue weighted by Gasteiger charge is -2.21. The van der Waals surface area contributed by atoms with Gasteiger partial charge >= 0.3 is 5.76 Å². The van der Waals surface area contributed by atoms with Gasteiger partial charge in [-0.15, -0.1) is 0 Å². The van der Waals surface area contributed by atoms with E-state index in [2.05, 4.69) is 15.0 Å². The zero-order valence-electron chi connectivity index (χ0n) is 12.5. The van der Waals surface area contributed by atoms with Crippen molar-refractivity contribution in [1.29, 1.82) is 0 Å². The predicted octanol–water partition coefficient (Wildman–Crippen LogP) is 1.25. The summed E-state index contributed by atoms with van der Waals surface area (Å²) < 4.78 is 37.9. The van der Waals surface area contributed by atoms with Crippen molar-refractivity contribution in [3.63, 3.8) is 0 Å². The molecule has 0 spiro atoms. The van der Waals surface area contributed by atoms with E-state index in [1.807, 2.05) is 0 Å². The Hall–Kier alpha value is -3.27. The van der Waals surface area contributed by atoms with Gasteiger partial charge in [0, 0.05) is 6.07 Å². The van der Waals surface area contributed by atoms with Crippen molar-refractivity contribution in [1.82, 2.24) is 4.98 Å². The minimum Gasteiger partial charge on any atom is -0.479 e. The van der Waals surface area contributed by atoms with E-state index in [0.29, 0.717) is 11.2 Å². The summed E-state index contributed by atoms with van der Waals surface area (Å²) in [5.41, 5.74) is 1.09. The van der Waals surface area contributed by atoms with Gasteiger partial charge in [0.15, 0.2) is 17.9 Å².